The lowest BCUT2D eigenvalue weighted by Gasteiger charge is -2.16. The van der Waals surface area contributed by atoms with Crippen LogP contribution in [0, 0.1) is 0 Å². The maximum Gasteiger partial charge on any atom is 0.147 e. The Labute approximate surface area is 67.2 Å². The first-order valence-electron chi connectivity index (χ1n) is 4.35. The molecule has 1 aliphatic carbocycles. The third-order valence-electron chi connectivity index (χ3n) is 2.38. The molecule has 62 valence electrons. The van der Waals surface area contributed by atoms with Gasteiger partial charge in [-0.2, -0.15) is 0 Å². The summed E-state index contributed by atoms with van der Waals surface area (Å²) in [5.74, 6) is 0. The minimum atomic E-state index is 0.375. The highest BCUT2D eigenvalue weighted by molar-refractivity contribution is 4.89. The summed E-state index contributed by atoms with van der Waals surface area (Å²) in [5, 5.41) is 0. The van der Waals surface area contributed by atoms with Crippen LogP contribution in [0.15, 0.2) is 12.2 Å². The number of allylic oxidation sites excluding steroid dienone is 2. The molecule has 0 aromatic rings. The molecule has 2 atom stereocenters. The van der Waals surface area contributed by atoms with E-state index >= 15 is 0 Å². The molecule has 11 heavy (non-hydrogen) atoms. The highest BCUT2D eigenvalue weighted by Gasteiger charge is 2.28. The van der Waals surface area contributed by atoms with Gasteiger partial charge in [0.1, 0.15) is 6.79 Å². The van der Waals surface area contributed by atoms with Crippen LogP contribution in [0.5, 0.6) is 0 Å². The van der Waals surface area contributed by atoms with E-state index in [9.17, 15) is 0 Å². The molecule has 0 radical (unpaired) electrons. The molecule has 0 spiro atoms. The molecule has 1 aliphatic heterocycles. The minimum absolute atomic E-state index is 0.375. The van der Waals surface area contributed by atoms with Gasteiger partial charge in [0.05, 0.1) is 12.2 Å². The van der Waals surface area contributed by atoms with Gasteiger partial charge in [-0.05, 0) is 25.7 Å². The average molecular weight is 154 g/mol. The fourth-order valence-corrected chi connectivity index (χ4v) is 1.72. The van der Waals surface area contributed by atoms with E-state index < -0.39 is 0 Å². The smallest absolute Gasteiger partial charge is 0.147 e. The van der Waals surface area contributed by atoms with Crippen LogP contribution in [0.25, 0.3) is 0 Å². The standard InChI is InChI=1S/C9H14O2/c1-2-4-6-9-8(5-3-1)10-7-11-9/h1-2,8-9H,3-7H2/b2-1+. The van der Waals surface area contributed by atoms with Gasteiger partial charge in [-0.3, -0.25) is 0 Å². The van der Waals surface area contributed by atoms with E-state index in [4.69, 9.17) is 9.47 Å². The Kier molecular flexibility index (Phi) is 2.24. The van der Waals surface area contributed by atoms with Crippen LogP contribution in [-0.2, 0) is 9.47 Å². The van der Waals surface area contributed by atoms with E-state index in [0.717, 1.165) is 25.7 Å². The zero-order chi connectivity index (χ0) is 7.52. The van der Waals surface area contributed by atoms with Crippen molar-refractivity contribution >= 4 is 0 Å². The van der Waals surface area contributed by atoms with Crippen molar-refractivity contribution in [2.75, 3.05) is 6.79 Å². The van der Waals surface area contributed by atoms with Gasteiger partial charge >= 0.3 is 0 Å². The molecule has 1 heterocycles. The molecular formula is C9H14O2. The normalized spacial score (nSPS) is 40.7. The Bertz CT molecular complexity index is 138. The summed E-state index contributed by atoms with van der Waals surface area (Å²) in [4.78, 5) is 0. The lowest BCUT2D eigenvalue weighted by molar-refractivity contribution is 0.0370. The largest absolute Gasteiger partial charge is 0.349 e. The van der Waals surface area contributed by atoms with E-state index in [1.807, 2.05) is 0 Å². The maximum absolute atomic E-state index is 5.44. The molecule has 0 aromatic carbocycles. The van der Waals surface area contributed by atoms with E-state index in [0.29, 0.717) is 19.0 Å². The Morgan fingerprint density at radius 3 is 2.00 bits per heavy atom. The summed E-state index contributed by atoms with van der Waals surface area (Å²) in [6.07, 6.45) is 9.78. The second-order valence-electron chi connectivity index (χ2n) is 3.15. The molecule has 2 rings (SSSR count). The predicted molar refractivity (Wildman–Crippen MR) is 42.2 cm³/mol. The lowest BCUT2D eigenvalue weighted by atomic mass is 10.0. The molecule has 1 saturated heterocycles. The van der Waals surface area contributed by atoms with Crippen LogP contribution in [0.1, 0.15) is 25.7 Å². The number of hydrogen-bond acceptors (Lipinski definition) is 2. The Hall–Kier alpha value is -0.340. The van der Waals surface area contributed by atoms with Crippen molar-refractivity contribution in [3.8, 4) is 0 Å². The predicted octanol–water partition coefficient (Wildman–Crippen LogP) is 1.86. The highest BCUT2D eigenvalue weighted by Crippen LogP contribution is 2.23. The van der Waals surface area contributed by atoms with Gasteiger partial charge in [0.25, 0.3) is 0 Å². The van der Waals surface area contributed by atoms with Crippen LogP contribution in [-0.4, -0.2) is 19.0 Å². The third-order valence-corrected chi connectivity index (χ3v) is 2.38. The number of fused-ring (bicyclic) bond motifs is 1. The molecule has 0 saturated carbocycles. The van der Waals surface area contributed by atoms with Crippen molar-refractivity contribution in [3.63, 3.8) is 0 Å². The monoisotopic (exact) mass is 154 g/mol. The molecule has 0 N–H and O–H groups in total. The van der Waals surface area contributed by atoms with E-state index in [-0.39, 0.29) is 0 Å². The van der Waals surface area contributed by atoms with Crippen molar-refractivity contribution in [3.05, 3.63) is 12.2 Å². The van der Waals surface area contributed by atoms with Crippen molar-refractivity contribution in [1.82, 2.24) is 0 Å². The summed E-state index contributed by atoms with van der Waals surface area (Å²) in [7, 11) is 0. The summed E-state index contributed by atoms with van der Waals surface area (Å²) in [6, 6.07) is 0. The second kappa shape index (κ2) is 3.37. The first-order chi connectivity index (χ1) is 5.47. The number of rotatable bonds is 0. The van der Waals surface area contributed by atoms with Gasteiger partial charge in [-0.15, -0.1) is 0 Å². The summed E-state index contributed by atoms with van der Waals surface area (Å²) in [5.41, 5.74) is 0. The highest BCUT2D eigenvalue weighted by atomic mass is 16.7. The first-order valence-corrected chi connectivity index (χ1v) is 4.35. The Morgan fingerprint density at radius 2 is 1.45 bits per heavy atom. The number of ether oxygens (including phenoxy) is 2. The van der Waals surface area contributed by atoms with Crippen LogP contribution in [0.4, 0.5) is 0 Å². The van der Waals surface area contributed by atoms with Gasteiger partial charge < -0.3 is 9.47 Å². The SMILES string of the molecule is C1=C/CCC2OCOC2CC/1. The summed E-state index contributed by atoms with van der Waals surface area (Å²) < 4.78 is 10.9. The number of hydrogen-bond donors (Lipinski definition) is 0. The molecule has 0 bridgehead atoms. The molecule has 0 aromatic heterocycles. The molecule has 2 nitrogen and oxygen atoms in total. The lowest BCUT2D eigenvalue weighted by Crippen LogP contribution is -2.22. The fraction of sp³-hybridized carbons (Fsp3) is 0.778. The maximum atomic E-state index is 5.44. The van der Waals surface area contributed by atoms with Gasteiger partial charge in [0.15, 0.2) is 0 Å². The second-order valence-corrected chi connectivity index (χ2v) is 3.15. The topological polar surface area (TPSA) is 18.5 Å². The molecule has 0 amide bonds. The van der Waals surface area contributed by atoms with Crippen molar-refractivity contribution in [2.45, 2.75) is 37.9 Å². The van der Waals surface area contributed by atoms with Crippen LogP contribution in [0.2, 0.25) is 0 Å². The Morgan fingerprint density at radius 1 is 0.909 bits per heavy atom. The van der Waals surface area contributed by atoms with Gasteiger partial charge in [-0.25, -0.2) is 0 Å². The minimum Gasteiger partial charge on any atom is -0.349 e. The fourth-order valence-electron chi connectivity index (χ4n) is 1.72. The third kappa shape index (κ3) is 1.63. The molecule has 2 heteroatoms. The Balaban J connectivity index is 1.97. The van der Waals surface area contributed by atoms with Crippen LogP contribution >= 0.6 is 0 Å². The van der Waals surface area contributed by atoms with Gasteiger partial charge in [-0.1, -0.05) is 12.2 Å². The van der Waals surface area contributed by atoms with E-state index in [1.54, 1.807) is 0 Å². The first kappa shape index (κ1) is 7.32. The summed E-state index contributed by atoms with van der Waals surface area (Å²) >= 11 is 0. The molecule has 2 aliphatic rings. The van der Waals surface area contributed by atoms with Gasteiger partial charge in [0, 0.05) is 0 Å². The van der Waals surface area contributed by atoms with Crippen molar-refractivity contribution in [1.29, 1.82) is 0 Å². The molecule has 1 fully saturated rings. The van der Waals surface area contributed by atoms with E-state index in [2.05, 4.69) is 12.2 Å². The molecule has 2 unspecified atom stereocenters. The van der Waals surface area contributed by atoms with Crippen molar-refractivity contribution in [2.24, 2.45) is 0 Å². The van der Waals surface area contributed by atoms with Gasteiger partial charge in [0.2, 0.25) is 0 Å². The quantitative estimate of drug-likeness (QED) is 0.496. The zero-order valence-electron chi connectivity index (χ0n) is 6.66. The zero-order valence-corrected chi connectivity index (χ0v) is 6.66. The van der Waals surface area contributed by atoms with Crippen molar-refractivity contribution < 1.29 is 9.47 Å². The average Bonchev–Trinajstić information content (AvgIpc) is 2.35. The van der Waals surface area contributed by atoms with Crippen LogP contribution < -0.4 is 0 Å². The van der Waals surface area contributed by atoms with Crippen LogP contribution in [0.3, 0.4) is 0 Å². The van der Waals surface area contributed by atoms with E-state index in [1.165, 1.54) is 0 Å². The molecular weight excluding hydrogens is 140 g/mol. The summed E-state index contributed by atoms with van der Waals surface area (Å²) in [6.45, 7) is 0.509.